The molecular formula is C22H18FN3OS. The lowest BCUT2D eigenvalue weighted by molar-refractivity contribution is -0.116. The molecule has 0 aliphatic carbocycles. The van der Waals surface area contributed by atoms with Crippen molar-refractivity contribution < 1.29 is 9.18 Å². The Morgan fingerprint density at radius 1 is 1.04 bits per heavy atom. The maximum absolute atomic E-state index is 13.7. The van der Waals surface area contributed by atoms with Crippen molar-refractivity contribution in [3.63, 3.8) is 0 Å². The highest BCUT2D eigenvalue weighted by molar-refractivity contribution is 7.21. The fraction of sp³-hybridized carbons (Fsp3) is 0.0909. The number of benzene rings is 3. The maximum atomic E-state index is 13.7. The van der Waals surface area contributed by atoms with Gasteiger partial charge < -0.3 is 10.6 Å². The van der Waals surface area contributed by atoms with E-state index in [1.807, 2.05) is 48.5 Å². The molecule has 0 fully saturated rings. The lowest BCUT2D eigenvalue weighted by Gasteiger charge is -2.16. The van der Waals surface area contributed by atoms with Crippen LogP contribution in [0.5, 0.6) is 0 Å². The maximum Gasteiger partial charge on any atom is 0.246 e. The SMILES string of the molecule is C[C@H](Nc1cccc(-c2nc3ccccc3s2)c1)C(=O)Nc1ccccc1F. The van der Waals surface area contributed by atoms with E-state index in [9.17, 15) is 9.18 Å². The molecule has 0 spiro atoms. The Morgan fingerprint density at radius 3 is 2.64 bits per heavy atom. The molecule has 1 aromatic heterocycles. The van der Waals surface area contributed by atoms with Crippen molar-refractivity contribution in [3.05, 3.63) is 78.6 Å². The van der Waals surface area contributed by atoms with E-state index in [0.717, 1.165) is 26.5 Å². The molecule has 3 aromatic carbocycles. The highest BCUT2D eigenvalue weighted by atomic mass is 32.1. The summed E-state index contributed by atoms with van der Waals surface area (Å²) in [6, 6.07) is 21.4. The summed E-state index contributed by atoms with van der Waals surface area (Å²) < 4.78 is 14.9. The minimum Gasteiger partial charge on any atom is -0.374 e. The van der Waals surface area contributed by atoms with Crippen LogP contribution in [0.3, 0.4) is 0 Å². The molecule has 4 nitrogen and oxygen atoms in total. The lowest BCUT2D eigenvalue weighted by atomic mass is 10.2. The first-order valence-electron chi connectivity index (χ1n) is 8.88. The number of nitrogens with one attached hydrogen (secondary N) is 2. The second-order valence-electron chi connectivity index (χ2n) is 6.40. The number of carbonyl (C=O) groups excluding carboxylic acids is 1. The summed E-state index contributed by atoms with van der Waals surface area (Å²) in [5, 5.41) is 6.70. The Kier molecular flexibility index (Phi) is 5.04. The molecular weight excluding hydrogens is 373 g/mol. The van der Waals surface area contributed by atoms with Crippen LogP contribution in [-0.4, -0.2) is 16.9 Å². The van der Waals surface area contributed by atoms with Crippen molar-refractivity contribution >= 4 is 38.8 Å². The molecule has 0 unspecified atom stereocenters. The van der Waals surface area contributed by atoms with E-state index in [1.54, 1.807) is 30.4 Å². The molecule has 6 heteroatoms. The monoisotopic (exact) mass is 391 g/mol. The van der Waals surface area contributed by atoms with Crippen molar-refractivity contribution in [1.82, 2.24) is 4.98 Å². The average Bonchev–Trinajstić information content (AvgIpc) is 3.14. The fourth-order valence-corrected chi connectivity index (χ4v) is 3.82. The van der Waals surface area contributed by atoms with Gasteiger partial charge in [-0.05, 0) is 43.3 Å². The first-order chi connectivity index (χ1) is 13.6. The Morgan fingerprint density at radius 2 is 1.82 bits per heavy atom. The number of aromatic nitrogens is 1. The van der Waals surface area contributed by atoms with Gasteiger partial charge in [-0.2, -0.15) is 0 Å². The molecule has 0 aliphatic rings. The summed E-state index contributed by atoms with van der Waals surface area (Å²) in [5.74, 6) is -0.767. The van der Waals surface area contributed by atoms with Gasteiger partial charge in [0.15, 0.2) is 0 Å². The van der Waals surface area contributed by atoms with Gasteiger partial charge in [0.25, 0.3) is 0 Å². The van der Waals surface area contributed by atoms with Gasteiger partial charge in [0.2, 0.25) is 5.91 Å². The van der Waals surface area contributed by atoms with Gasteiger partial charge in [0.1, 0.15) is 16.9 Å². The van der Waals surface area contributed by atoms with Crippen LogP contribution in [0.1, 0.15) is 6.92 Å². The average molecular weight is 391 g/mol. The molecule has 0 saturated heterocycles. The van der Waals surface area contributed by atoms with Crippen molar-refractivity contribution in [2.45, 2.75) is 13.0 Å². The number of amides is 1. The predicted molar refractivity (Wildman–Crippen MR) is 113 cm³/mol. The van der Waals surface area contributed by atoms with Crippen molar-refractivity contribution in [3.8, 4) is 10.6 Å². The van der Waals surface area contributed by atoms with E-state index in [-0.39, 0.29) is 11.6 Å². The molecule has 2 N–H and O–H groups in total. The number of anilines is 2. The van der Waals surface area contributed by atoms with Gasteiger partial charge in [0, 0.05) is 11.3 Å². The summed E-state index contributed by atoms with van der Waals surface area (Å²) in [6.07, 6.45) is 0. The predicted octanol–water partition coefficient (Wildman–Crippen LogP) is 5.54. The molecule has 140 valence electrons. The second-order valence-corrected chi connectivity index (χ2v) is 7.43. The Balaban J connectivity index is 1.49. The number of hydrogen-bond acceptors (Lipinski definition) is 4. The third-order valence-electron chi connectivity index (χ3n) is 4.31. The van der Waals surface area contributed by atoms with Crippen molar-refractivity contribution in [2.24, 2.45) is 0 Å². The highest BCUT2D eigenvalue weighted by Crippen LogP contribution is 2.31. The van der Waals surface area contributed by atoms with Crippen LogP contribution in [-0.2, 0) is 4.79 Å². The van der Waals surface area contributed by atoms with Crippen LogP contribution in [0.4, 0.5) is 15.8 Å². The zero-order valence-electron chi connectivity index (χ0n) is 15.1. The molecule has 0 saturated carbocycles. The summed E-state index contributed by atoms with van der Waals surface area (Å²) in [7, 11) is 0. The number of para-hydroxylation sites is 2. The molecule has 1 heterocycles. The molecule has 1 atom stereocenters. The molecule has 0 radical (unpaired) electrons. The lowest BCUT2D eigenvalue weighted by Crippen LogP contribution is -2.32. The van der Waals surface area contributed by atoms with E-state index in [1.165, 1.54) is 12.1 Å². The van der Waals surface area contributed by atoms with E-state index in [2.05, 4.69) is 15.6 Å². The van der Waals surface area contributed by atoms with E-state index >= 15 is 0 Å². The number of halogens is 1. The van der Waals surface area contributed by atoms with Crippen LogP contribution in [0.2, 0.25) is 0 Å². The molecule has 0 aliphatic heterocycles. The quantitative estimate of drug-likeness (QED) is 0.469. The van der Waals surface area contributed by atoms with Crippen molar-refractivity contribution in [2.75, 3.05) is 10.6 Å². The number of hydrogen-bond donors (Lipinski definition) is 2. The van der Waals surface area contributed by atoms with Crippen LogP contribution in [0, 0.1) is 5.82 Å². The first kappa shape index (κ1) is 18.1. The van der Waals surface area contributed by atoms with Gasteiger partial charge in [0.05, 0.1) is 15.9 Å². The fourth-order valence-electron chi connectivity index (χ4n) is 2.86. The number of thiazole rings is 1. The number of fused-ring (bicyclic) bond motifs is 1. The number of rotatable bonds is 5. The van der Waals surface area contributed by atoms with Crippen LogP contribution in [0.15, 0.2) is 72.8 Å². The third-order valence-corrected chi connectivity index (χ3v) is 5.40. The van der Waals surface area contributed by atoms with E-state index in [4.69, 9.17) is 0 Å². The molecule has 28 heavy (non-hydrogen) atoms. The standard InChI is InChI=1S/C22H18FN3OS/c1-14(21(27)25-18-10-3-2-9-17(18)23)24-16-8-6-7-15(13-16)22-26-19-11-4-5-12-20(19)28-22/h2-14,24H,1H3,(H,25,27)/t14-/m0/s1. The Bertz CT molecular complexity index is 1110. The van der Waals surface area contributed by atoms with Gasteiger partial charge in [-0.3, -0.25) is 4.79 Å². The topological polar surface area (TPSA) is 54.0 Å². The van der Waals surface area contributed by atoms with Crippen LogP contribution < -0.4 is 10.6 Å². The summed E-state index contributed by atoms with van der Waals surface area (Å²) in [4.78, 5) is 17.1. The second kappa shape index (κ2) is 7.78. The molecule has 1 amide bonds. The van der Waals surface area contributed by atoms with E-state index in [0.29, 0.717) is 0 Å². The van der Waals surface area contributed by atoms with Gasteiger partial charge >= 0.3 is 0 Å². The summed E-state index contributed by atoms with van der Waals surface area (Å²) in [6.45, 7) is 1.74. The van der Waals surface area contributed by atoms with Gasteiger partial charge in [-0.15, -0.1) is 11.3 Å². The number of nitrogens with zero attached hydrogens (tertiary/aromatic N) is 1. The zero-order valence-corrected chi connectivity index (χ0v) is 16.0. The van der Waals surface area contributed by atoms with Crippen LogP contribution >= 0.6 is 11.3 Å². The Hall–Kier alpha value is -3.25. The molecule has 4 aromatic rings. The third kappa shape index (κ3) is 3.87. The largest absolute Gasteiger partial charge is 0.374 e. The minimum atomic E-state index is -0.537. The van der Waals surface area contributed by atoms with Crippen LogP contribution in [0.25, 0.3) is 20.8 Å². The minimum absolute atomic E-state index is 0.171. The molecule has 0 bridgehead atoms. The molecule has 4 rings (SSSR count). The van der Waals surface area contributed by atoms with Crippen molar-refractivity contribution in [1.29, 1.82) is 0 Å². The van der Waals surface area contributed by atoms with E-state index < -0.39 is 11.9 Å². The first-order valence-corrected chi connectivity index (χ1v) is 9.70. The smallest absolute Gasteiger partial charge is 0.246 e. The van der Waals surface area contributed by atoms with Gasteiger partial charge in [-0.25, -0.2) is 9.37 Å². The number of carbonyl (C=O) groups is 1. The summed E-state index contributed by atoms with van der Waals surface area (Å²) in [5.41, 5.74) is 2.92. The highest BCUT2D eigenvalue weighted by Gasteiger charge is 2.15. The Labute approximate surface area is 166 Å². The summed E-state index contributed by atoms with van der Waals surface area (Å²) >= 11 is 1.63. The van der Waals surface area contributed by atoms with Gasteiger partial charge in [-0.1, -0.05) is 36.4 Å². The normalized spacial score (nSPS) is 11.9. The zero-order chi connectivity index (χ0) is 19.5.